The Morgan fingerprint density at radius 1 is 1.23 bits per heavy atom. The van der Waals surface area contributed by atoms with Gasteiger partial charge in [-0.1, -0.05) is 6.07 Å². The molecular formula is C15H17N3O4. The normalized spacial score (nSPS) is 14.6. The van der Waals surface area contributed by atoms with Crippen molar-refractivity contribution in [1.82, 2.24) is 5.01 Å². The Balaban J connectivity index is 2.25. The maximum Gasteiger partial charge on any atom is 0.336 e. The second-order valence-electron chi connectivity index (χ2n) is 5.21. The van der Waals surface area contributed by atoms with Crippen LogP contribution < -0.4 is 5.32 Å². The summed E-state index contributed by atoms with van der Waals surface area (Å²) in [5.41, 5.74) is 2.20. The van der Waals surface area contributed by atoms with Gasteiger partial charge in [-0.3, -0.25) is 9.59 Å². The molecule has 1 heterocycles. The summed E-state index contributed by atoms with van der Waals surface area (Å²) in [5, 5.41) is 16.9. The number of carbonyl (C=O) groups excluding carboxylic acids is 2. The number of rotatable bonds is 3. The SMILES string of the molecule is Cc1cc(C)c(C(=O)O)cc1NC(=O)C1=NN(C)C(=O)CC1. The topological polar surface area (TPSA) is 99.1 Å². The van der Waals surface area contributed by atoms with Crippen LogP contribution in [0.25, 0.3) is 0 Å². The molecule has 0 spiro atoms. The highest BCUT2D eigenvalue weighted by molar-refractivity contribution is 6.43. The largest absolute Gasteiger partial charge is 0.478 e. The number of aryl methyl sites for hydroxylation is 2. The van der Waals surface area contributed by atoms with Crippen LogP contribution in [-0.4, -0.2) is 40.7 Å². The summed E-state index contributed by atoms with van der Waals surface area (Å²) in [6.45, 7) is 3.49. The lowest BCUT2D eigenvalue weighted by molar-refractivity contribution is -0.130. The number of nitrogens with one attached hydrogen (secondary N) is 1. The summed E-state index contributed by atoms with van der Waals surface area (Å²) in [7, 11) is 1.49. The van der Waals surface area contributed by atoms with Crippen molar-refractivity contribution in [3.05, 3.63) is 28.8 Å². The molecule has 0 saturated heterocycles. The molecule has 7 heteroatoms. The summed E-state index contributed by atoms with van der Waals surface area (Å²) in [4.78, 5) is 34.7. The number of carbonyl (C=O) groups is 3. The molecule has 1 aliphatic heterocycles. The number of benzene rings is 1. The first-order chi connectivity index (χ1) is 10.3. The predicted octanol–water partition coefficient (Wildman–Crippen LogP) is 1.55. The van der Waals surface area contributed by atoms with Gasteiger partial charge in [0.05, 0.1) is 5.56 Å². The zero-order valence-corrected chi connectivity index (χ0v) is 12.6. The molecule has 0 aliphatic carbocycles. The van der Waals surface area contributed by atoms with Crippen molar-refractivity contribution in [1.29, 1.82) is 0 Å². The van der Waals surface area contributed by atoms with Crippen LogP contribution in [0.5, 0.6) is 0 Å². The van der Waals surface area contributed by atoms with Crippen LogP contribution in [0.2, 0.25) is 0 Å². The molecule has 0 unspecified atom stereocenters. The summed E-state index contributed by atoms with van der Waals surface area (Å²) < 4.78 is 0. The van der Waals surface area contributed by atoms with Gasteiger partial charge in [0.25, 0.3) is 5.91 Å². The molecule has 1 aromatic carbocycles. The van der Waals surface area contributed by atoms with Gasteiger partial charge in [0, 0.05) is 25.6 Å². The fraction of sp³-hybridized carbons (Fsp3) is 0.333. The summed E-state index contributed by atoms with van der Waals surface area (Å²) in [6, 6.07) is 3.14. The van der Waals surface area contributed by atoms with Crippen molar-refractivity contribution in [2.24, 2.45) is 5.10 Å². The molecule has 116 valence electrons. The van der Waals surface area contributed by atoms with Gasteiger partial charge in [0.15, 0.2) is 0 Å². The smallest absolute Gasteiger partial charge is 0.336 e. The maximum absolute atomic E-state index is 12.2. The maximum atomic E-state index is 12.2. The van der Waals surface area contributed by atoms with Crippen molar-refractivity contribution in [3.8, 4) is 0 Å². The van der Waals surface area contributed by atoms with Gasteiger partial charge < -0.3 is 10.4 Å². The van der Waals surface area contributed by atoms with Crippen molar-refractivity contribution in [2.75, 3.05) is 12.4 Å². The van der Waals surface area contributed by atoms with Gasteiger partial charge in [0.1, 0.15) is 5.71 Å². The third kappa shape index (κ3) is 3.13. The number of hydrogen-bond acceptors (Lipinski definition) is 4. The Morgan fingerprint density at radius 3 is 2.50 bits per heavy atom. The highest BCUT2D eigenvalue weighted by Gasteiger charge is 2.22. The first-order valence-corrected chi connectivity index (χ1v) is 6.79. The van der Waals surface area contributed by atoms with Crippen LogP contribution in [0.3, 0.4) is 0 Å². The molecule has 0 radical (unpaired) electrons. The molecule has 2 N–H and O–H groups in total. The summed E-state index contributed by atoms with van der Waals surface area (Å²) in [6.07, 6.45) is 0.502. The third-order valence-corrected chi connectivity index (χ3v) is 3.52. The number of nitrogens with zero attached hydrogens (tertiary/aromatic N) is 2. The summed E-state index contributed by atoms with van der Waals surface area (Å²) in [5.74, 6) is -1.62. The van der Waals surface area contributed by atoms with E-state index in [1.165, 1.54) is 13.1 Å². The van der Waals surface area contributed by atoms with Gasteiger partial charge in [-0.15, -0.1) is 0 Å². The Morgan fingerprint density at radius 2 is 1.91 bits per heavy atom. The molecule has 22 heavy (non-hydrogen) atoms. The Hall–Kier alpha value is -2.70. The molecule has 7 nitrogen and oxygen atoms in total. The number of hydrogen-bond donors (Lipinski definition) is 2. The number of hydrazone groups is 1. The van der Waals surface area contributed by atoms with Crippen LogP contribution in [0, 0.1) is 13.8 Å². The minimum atomic E-state index is -1.05. The number of carboxylic acid groups (broad SMARTS) is 1. The van der Waals surface area contributed by atoms with Gasteiger partial charge in [-0.2, -0.15) is 5.10 Å². The van der Waals surface area contributed by atoms with E-state index in [1.54, 1.807) is 19.9 Å². The second-order valence-corrected chi connectivity index (χ2v) is 5.21. The van der Waals surface area contributed by atoms with E-state index in [-0.39, 0.29) is 30.0 Å². The zero-order chi connectivity index (χ0) is 16.4. The number of anilines is 1. The van der Waals surface area contributed by atoms with E-state index in [1.807, 2.05) is 0 Å². The fourth-order valence-electron chi connectivity index (χ4n) is 2.24. The average Bonchev–Trinajstić information content (AvgIpc) is 2.44. The fourth-order valence-corrected chi connectivity index (χ4v) is 2.24. The molecule has 0 bridgehead atoms. The molecule has 1 aliphatic rings. The minimum absolute atomic E-state index is 0.138. The minimum Gasteiger partial charge on any atom is -0.478 e. The lowest BCUT2D eigenvalue weighted by Gasteiger charge is -2.19. The van der Waals surface area contributed by atoms with Crippen LogP contribution >= 0.6 is 0 Å². The Kier molecular flexibility index (Phi) is 4.25. The van der Waals surface area contributed by atoms with Crippen molar-refractivity contribution in [3.63, 3.8) is 0 Å². The molecule has 2 amide bonds. The highest BCUT2D eigenvalue weighted by Crippen LogP contribution is 2.21. The van der Waals surface area contributed by atoms with Gasteiger partial charge in [-0.05, 0) is 31.0 Å². The second kappa shape index (κ2) is 5.97. The number of carboxylic acids is 1. The van der Waals surface area contributed by atoms with E-state index in [2.05, 4.69) is 10.4 Å². The molecule has 2 rings (SSSR count). The van der Waals surface area contributed by atoms with E-state index < -0.39 is 11.9 Å². The lowest BCUT2D eigenvalue weighted by Crippen LogP contribution is -2.34. The molecule has 1 aromatic rings. The average molecular weight is 303 g/mol. The third-order valence-electron chi connectivity index (χ3n) is 3.52. The van der Waals surface area contributed by atoms with Gasteiger partial charge in [0.2, 0.25) is 5.91 Å². The van der Waals surface area contributed by atoms with E-state index in [4.69, 9.17) is 5.11 Å². The van der Waals surface area contributed by atoms with Crippen molar-refractivity contribution < 1.29 is 19.5 Å². The number of aromatic carboxylic acids is 1. The molecule has 0 atom stereocenters. The Labute approximate surface area is 127 Å². The van der Waals surface area contributed by atoms with Crippen LogP contribution in [-0.2, 0) is 9.59 Å². The van der Waals surface area contributed by atoms with Gasteiger partial charge in [-0.25, -0.2) is 9.80 Å². The Bertz CT molecular complexity index is 694. The monoisotopic (exact) mass is 303 g/mol. The van der Waals surface area contributed by atoms with Crippen LogP contribution in [0.1, 0.15) is 34.3 Å². The molecule has 0 aromatic heterocycles. The predicted molar refractivity (Wildman–Crippen MR) is 80.9 cm³/mol. The van der Waals surface area contributed by atoms with E-state index >= 15 is 0 Å². The quantitative estimate of drug-likeness (QED) is 0.885. The first-order valence-electron chi connectivity index (χ1n) is 6.79. The zero-order valence-electron chi connectivity index (χ0n) is 12.6. The van der Waals surface area contributed by atoms with Crippen molar-refractivity contribution in [2.45, 2.75) is 26.7 Å². The van der Waals surface area contributed by atoms with Crippen molar-refractivity contribution >= 4 is 29.2 Å². The molecule has 0 saturated carbocycles. The molecular weight excluding hydrogens is 286 g/mol. The van der Waals surface area contributed by atoms with E-state index in [0.29, 0.717) is 11.3 Å². The van der Waals surface area contributed by atoms with E-state index in [9.17, 15) is 14.4 Å². The lowest BCUT2D eigenvalue weighted by atomic mass is 10.0. The van der Waals surface area contributed by atoms with Crippen LogP contribution in [0.15, 0.2) is 17.2 Å². The highest BCUT2D eigenvalue weighted by atomic mass is 16.4. The molecule has 0 fully saturated rings. The summed E-state index contributed by atoms with van der Waals surface area (Å²) >= 11 is 0. The van der Waals surface area contributed by atoms with E-state index in [0.717, 1.165) is 10.6 Å². The van der Waals surface area contributed by atoms with Crippen LogP contribution in [0.4, 0.5) is 5.69 Å². The first kappa shape index (κ1) is 15.7. The number of amides is 2. The van der Waals surface area contributed by atoms with Gasteiger partial charge >= 0.3 is 5.97 Å². The standard InChI is InChI=1S/C15H17N3O4/c1-8-6-9(2)12(7-10(8)15(21)22)16-14(20)11-4-5-13(19)18(3)17-11/h6-7H,4-5H2,1-3H3,(H,16,20)(H,21,22).